The molecule has 0 aliphatic carbocycles. The molecule has 0 heterocycles. The Kier molecular flexibility index (Phi) is 4.41. The van der Waals surface area contributed by atoms with Crippen molar-refractivity contribution < 1.29 is 44.3 Å². The molecule has 2 nitrogen and oxygen atoms in total. The Labute approximate surface area is 116 Å². The van der Waals surface area contributed by atoms with Crippen molar-refractivity contribution in [2.75, 3.05) is 5.32 Å². The molecule has 0 saturated heterocycles. The zero-order valence-electron chi connectivity index (χ0n) is 10.5. The lowest BCUT2D eigenvalue weighted by molar-refractivity contribution is -0.285. The number of alkyl halides is 6. The van der Waals surface area contributed by atoms with E-state index in [1.165, 1.54) is 0 Å². The van der Waals surface area contributed by atoms with Crippen molar-refractivity contribution in [2.45, 2.75) is 24.7 Å². The van der Waals surface area contributed by atoms with Gasteiger partial charge in [-0.1, -0.05) is 0 Å². The first-order chi connectivity index (χ1) is 9.71. The molecule has 0 aliphatic heterocycles. The van der Waals surface area contributed by atoms with Crippen LogP contribution in [-0.4, -0.2) is 23.7 Å². The molecular weight excluding hydrogens is 333 g/mol. The quantitative estimate of drug-likeness (QED) is 0.655. The Balaban J connectivity index is 3.12. The third kappa shape index (κ3) is 2.97. The highest BCUT2D eigenvalue weighted by Gasteiger charge is 2.71. The first-order valence-corrected chi connectivity index (χ1v) is 5.31. The minimum absolute atomic E-state index is 0.0373. The predicted octanol–water partition coefficient (Wildman–Crippen LogP) is 3.97. The van der Waals surface area contributed by atoms with E-state index in [1.54, 1.807) is 0 Å². The number of anilines is 1. The number of rotatable bonds is 3. The largest absolute Gasteiger partial charge is 0.428 e. The average Bonchev–Trinajstić information content (AvgIpc) is 2.34. The lowest BCUT2D eigenvalue weighted by Crippen LogP contribution is -2.58. The van der Waals surface area contributed by atoms with Crippen LogP contribution in [-0.2, 0) is 4.79 Å². The van der Waals surface area contributed by atoms with Crippen molar-refractivity contribution in [2.24, 2.45) is 0 Å². The van der Waals surface area contributed by atoms with Gasteiger partial charge in [-0.3, -0.25) is 4.79 Å². The molecule has 0 saturated carbocycles. The highest BCUT2D eigenvalue weighted by atomic mass is 19.4. The smallest absolute Gasteiger partial charge is 0.321 e. The normalized spacial score (nSPS) is 15.4. The van der Waals surface area contributed by atoms with Crippen molar-refractivity contribution in [1.82, 2.24) is 0 Å². The number of hydrogen-bond donors (Lipinski definition) is 1. The molecule has 124 valence electrons. The van der Waals surface area contributed by atoms with Crippen LogP contribution in [0.15, 0.2) is 12.1 Å². The summed E-state index contributed by atoms with van der Waals surface area (Å²) in [4.78, 5) is 11.1. The van der Waals surface area contributed by atoms with Crippen LogP contribution in [0.25, 0.3) is 0 Å². The fourth-order valence-electron chi connectivity index (χ4n) is 1.23. The molecule has 0 radical (unpaired) electrons. The van der Waals surface area contributed by atoms with Gasteiger partial charge in [-0.15, -0.1) is 0 Å². The molecule has 0 bridgehead atoms. The van der Waals surface area contributed by atoms with E-state index < -0.39 is 53.7 Å². The number of amides is 1. The van der Waals surface area contributed by atoms with Crippen LogP contribution in [0.3, 0.4) is 0 Å². The minimum Gasteiger partial charge on any atom is -0.321 e. The van der Waals surface area contributed by atoms with E-state index in [-0.39, 0.29) is 12.1 Å². The lowest BCUT2D eigenvalue weighted by atomic mass is 9.98. The van der Waals surface area contributed by atoms with Gasteiger partial charge in [0.25, 0.3) is 11.6 Å². The second-order valence-corrected chi connectivity index (χ2v) is 4.28. The van der Waals surface area contributed by atoms with Gasteiger partial charge >= 0.3 is 12.1 Å². The van der Waals surface area contributed by atoms with Gasteiger partial charge in [-0.05, 0) is 6.92 Å². The number of nitrogens with one attached hydrogen (secondary N) is 1. The molecule has 1 aromatic rings. The summed E-state index contributed by atoms with van der Waals surface area (Å²) in [5.41, 5.74) is -6.35. The predicted molar refractivity (Wildman–Crippen MR) is 55.5 cm³/mol. The van der Waals surface area contributed by atoms with Crippen LogP contribution in [0.5, 0.6) is 0 Å². The van der Waals surface area contributed by atoms with Gasteiger partial charge in [0, 0.05) is 17.8 Å². The molecule has 11 heteroatoms. The van der Waals surface area contributed by atoms with Gasteiger partial charge in [0.15, 0.2) is 17.5 Å². The number of carbonyl (C=O) groups is 1. The molecule has 22 heavy (non-hydrogen) atoms. The van der Waals surface area contributed by atoms with Crippen LogP contribution >= 0.6 is 0 Å². The molecule has 0 aromatic heterocycles. The van der Waals surface area contributed by atoms with Crippen molar-refractivity contribution in [3.05, 3.63) is 29.6 Å². The summed E-state index contributed by atoms with van der Waals surface area (Å²) in [6.07, 6.45) is -6.09. The fourth-order valence-corrected chi connectivity index (χ4v) is 1.23. The molecule has 1 unspecified atom stereocenters. The first kappa shape index (κ1) is 18.1. The monoisotopic (exact) mass is 339 g/mol. The molecule has 0 aliphatic rings. The Morgan fingerprint density at radius 2 is 1.36 bits per heavy atom. The molecule has 1 amide bonds. The average molecular weight is 339 g/mol. The maximum Gasteiger partial charge on any atom is 0.428 e. The van der Waals surface area contributed by atoms with E-state index >= 15 is 0 Å². The molecule has 1 aromatic carbocycles. The van der Waals surface area contributed by atoms with Crippen LogP contribution in [0, 0.1) is 17.5 Å². The number of benzene rings is 1. The van der Waals surface area contributed by atoms with Crippen LogP contribution in [0.1, 0.15) is 6.92 Å². The Bertz CT molecular complexity index is 571. The summed E-state index contributed by atoms with van der Waals surface area (Å²) < 4.78 is 115. The lowest BCUT2D eigenvalue weighted by Gasteiger charge is -2.30. The third-order valence-electron chi connectivity index (χ3n) is 2.65. The zero-order chi connectivity index (χ0) is 17.5. The summed E-state index contributed by atoms with van der Waals surface area (Å²) >= 11 is 0. The fraction of sp³-hybridized carbons (Fsp3) is 0.364. The summed E-state index contributed by atoms with van der Waals surface area (Å²) in [6.45, 7) is -0.571. The summed E-state index contributed by atoms with van der Waals surface area (Å²) in [6, 6.07) is 0.0745. The maximum absolute atomic E-state index is 13.3. The van der Waals surface area contributed by atoms with Gasteiger partial charge in [-0.2, -0.15) is 22.0 Å². The van der Waals surface area contributed by atoms with Gasteiger partial charge in [0.1, 0.15) is 0 Å². The zero-order valence-corrected chi connectivity index (χ0v) is 10.5. The maximum atomic E-state index is 13.3. The summed E-state index contributed by atoms with van der Waals surface area (Å²) in [5.74, 6) is -14.2. The number of halogens is 9. The van der Waals surface area contributed by atoms with Crippen LogP contribution in [0.4, 0.5) is 45.2 Å². The molecule has 1 N–H and O–H groups in total. The van der Waals surface area contributed by atoms with E-state index in [4.69, 9.17) is 0 Å². The van der Waals surface area contributed by atoms with Gasteiger partial charge in [0.2, 0.25) is 0 Å². The van der Waals surface area contributed by atoms with Gasteiger partial charge < -0.3 is 5.32 Å². The van der Waals surface area contributed by atoms with Crippen LogP contribution in [0.2, 0.25) is 0 Å². The van der Waals surface area contributed by atoms with E-state index in [0.29, 0.717) is 0 Å². The standard InChI is InChI=1S/C11H6F9NO/c1-9(15,11(18,19)20)10(16,17)8(22)21-4-2-5(12)7(14)6(13)3-4/h2-3H,1H3,(H,21,22). The number of carbonyl (C=O) groups excluding carboxylic acids is 1. The van der Waals surface area contributed by atoms with Crippen molar-refractivity contribution in [3.8, 4) is 0 Å². The molecule has 0 fully saturated rings. The summed E-state index contributed by atoms with van der Waals surface area (Å²) in [5, 5.41) is 0.994. The molecule has 1 rings (SSSR count). The third-order valence-corrected chi connectivity index (χ3v) is 2.65. The second-order valence-electron chi connectivity index (χ2n) is 4.28. The number of hydrogen-bond acceptors (Lipinski definition) is 1. The molecular formula is C11H6F9NO. The minimum atomic E-state index is -6.09. The van der Waals surface area contributed by atoms with E-state index in [1.807, 2.05) is 0 Å². The van der Waals surface area contributed by atoms with Crippen molar-refractivity contribution in [3.63, 3.8) is 0 Å². The SMILES string of the molecule is CC(F)(C(F)(F)F)C(F)(F)C(=O)Nc1cc(F)c(F)c(F)c1. The van der Waals surface area contributed by atoms with Gasteiger partial charge in [-0.25, -0.2) is 17.6 Å². The van der Waals surface area contributed by atoms with Gasteiger partial charge in [0.05, 0.1) is 0 Å². The Morgan fingerprint density at radius 1 is 0.955 bits per heavy atom. The van der Waals surface area contributed by atoms with Crippen molar-refractivity contribution in [1.29, 1.82) is 0 Å². The Morgan fingerprint density at radius 3 is 1.73 bits per heavy atom. The highest BCUT2D eigenvalue weighted by molar-refractivity contribution is 5.97. The molecule has 0 spiro atoms. The van der Waals surface area contributed by atoms with Crippen molar-refractivity contribution >= 4 is 11.6 Å². The summed E-state index contributed by atoms with van der Waals surface area (Å²) in [7, 11) is 0. The topological polar surface area (TPSA) is 29.1 Å². The van der Waals surface area contributed by atoms with Crippen LogP contribution < -0.4 is 5.32 Å². The van der Waals surface area contributed by atoms with E-state index in [2.05, 4.69) is 0 Å². The first-order valence-electron chi connectivity index (χ1n) is 5.31. The van der Waals surface area contributed by atoms with E-state index in [9.17, 15) is 44.3 Å². The second kappa shape index (κ2) is 5.36. The highest BCUT2D eigenvalue weighted by Crippen LogP contribution is 2.45. The van der Waals surface area contributed by atoms with E-state index in [0.717, 1.165) is 5.32 Å². The molecule has 1 atom stereocenters. The Hall–Kier alpha value is -1.94.